The van der Waals surface area contributed by atoms with E-state index in [0.717, 1.165) is 23.4 Å². The molecule has 1 heterocycles. The van der Waals surface area contributed by atoms with Crippen LogP contribution in [0, 0.1) is 11.3 Å². The average molecular weight is 195 g/mol. The maximum absolute atomic E-state index is 2.77. The Morgan fingerprint density at radius 3 is 2.36 bits per heavy atom. The van der Waals surface area contributed by atoms with Gasteiger partial charge in [0.15, 0.2) is 0 Å². The Hall–Kier alpha value is -0.0400. The Labute approximate surface area is 88.9 Å². The quantitative estimate of drug-likeness (QED) is 0.668. The molecule has 1 heteroatoms. The summed E-state index contributed by atoms with van der Waals surface area (Å²) in [5.74, 6) is 0.886. The van der Waals surface area contributed by atoms with Crippen LogP contribution in [0.1, 0.15) is 53.4 Å². The fraction of sp³-hybridized carbons (Fsp3) is 1.00. The van der Waals surface area contributed by atoms with Crippen LogP contribution in [0.4, 0.5) is 0 Å². The highest BCUT2D eigenvalue weighted by atomic mass is 15.2. The van der Waals surface area contributed by atoms with Crippen molar-refractivity contribution in [3.8, 4) is 0 Å². The summed E-state index contributed by atoms with van der Waals surface area (Å²) in [5.41, 5.74) is 0.776. The highest BCUT2D eigenvalue weighted by molar-refractivity contribution is 5.06. The van der Waals surface area contributed by atoms with Gasteiger partial charge in [0.2, 0.25) is 0 Å². The van der Waals surface area contributed by atoms with Crippen LogP contribution in [0.5, 0.6) is 0 Å². The van der Waals surface area contributed by atoms with E-state index in [4.69, 9.17) is 0 Å². The average Bonchev–Trinajstić information content (AvgIpc) is 2.76. The van der Waals surface area contributed by atoms with Crippen molar-refractivity contribution in [1.29, 1.82) is 0 Å². The maximum atomic E-state index is 2.77. The zero-order valence-electron chi connectivity index (χ0n) is 10.2. The van der Waals surface area contributed by atoms with Gasteiger partial charge < -0.3 is 0 Å². The lowest BCUT2D eigenvalue weighted by Crippen LogP contribution is -2.39. The highest BCUT2D eigenvalue weighted by Crippen LogP contribution is 2.56. The molecule has 0 amide bonds. The van der Waals surface area contributed by atoms with Crippen LogP contribution in [0.2, 0.25) is 0 Å². The lowest BCUT2D eigenvalue weighted by Gasteiger charge is -2.32. The molecule has 2 fully saturated rings. The summed E-state index contributed by atoms with van der Waals surface area (Å²) < 4.78 is 0. The zero-order valence-corrected chi connectivity index (χ0v) is 10.2. The second-order valence-corrected chi connectivity index (χ2v) is 5.92. The molecule has 2 atom stereocenters. The van der Waals surface area contributed by atoms with E-state index in [1.165, 1.54) is 32.2 Å². The Bertz CT molecular complexity index is 205. The van der Waals surface area contributed by atoms with Gasteiger partial charge in [-0.1, -0.05) is 20.3 Å². The standard InChI is InChI=1S/C13H25N/c1-5-11(4)12-8-13(6-7-13)9-14(12)10(2)3/h10-12H,5-9H2,1-4H3. The van der Waals surface area contributed by atoms with Crippen molar-refractivity contribution < 1.29 is 0 Å². The maximum Gasteiger partial charge on any atom is 0.0129 e. The summed E-state index contributed by atoms with van der Waals surface area (Å²) in [6, 6.07) is 1.62. The molecule has 0 aromatic carbocycles. The van der Waals surface area contributed by atoms with Crippen LogP contribution in [-0.4, -0.2) is 23.5 Å². The van der Waals surface area contributed by atoms with Gasteiger partial charge in [-0.25, -0.2) is 0 Å². The van der Waals surface area contributed by atoms with Gasteiger partial charge in [0.05, 0.1) is 0 Å². The molecule has 2 unspecified atom stereocenters. The molecule has 2 rings (SSSR count). The first-order chi connectivity index (χ1) is 6.58. The number of nitrogens with zero attached hydrogens (tertiary/aromatic N) is 1. The first kappa shape index (κ1) is 10.5. The third kappa shape index (κ3) is 1.71. The Morgan fingerprint density at radius 1 is 1.29 bits per heavy atom. The lowest BCUT2D eigenvalue weighted by atomic mass is 9.92. The molecule has 1 saturated heterocycles. The minimum Gasteiger partial charge on any atom is -0.297 e. The molecule has 0 N–H and O–H groups in total. The largest absolute Gasteiger partial charge is 0.297 e. The molecule has 1 saturated carbocycles. The highest BCUT2D eigenvalue weighted by Gasteiger charge is 2.52. The van der Waals surface area contributed by atoms with Gasteiger partial charge in [0.1, 0.15) is 0 Å². The fourth-order valence-electron chi connectivity index (χ4n) is 3.03. The van der Waals surface area contributed by atoms with Crippen molar-refractivity contribution in [2.45, 2.75) is 65.5 Å². The van der Waals surface area contributed by atoms with Crippen molar-refractivity contribution in [3.63, 3.8) is 0 Å². The molecule has 1 aliphatic carbocycles. The molecule has 1 aliphatic heterocycles. The van der Waals surface area contributed by atoms with Crippen molar-refractivity contribution in [3.05, 3.63) is 0 Å². The molecule has 0 aromatic heterocycles. The molecule has 0 aromatic rings. The van der Waals surface area contributed by atoms with Gasteiger partial charge in [-0.3, -0.25) is 4.90 Å². The molecule has 0 radical (unpaired) electrons. The zero-order chi connectivity index (χ0) is 10.3. The number of hydrogen-bond acceptors (Lipinski definition) is 1. The second kappa shape index (κ2) is 3.52. The van der Waals surface area contributed by atoms with Crippen LogP contribution in [0.3, 0.4) is 0 Å². The van der Waals surface area contributed by atoms with Crippen LogP contribution in [0.15, 0.2) is 0 Å². The summed E-state index contributed by atoms with van der Waals surface area (Å²) in [6.45, 7) is 10.9. The van der Waals surface area contributed by atoms with E-state index in [1.54, 1.807) is 0 Å². The first-order valence-corrected chi connectivity index (χ1v) is 6.34. The van der Waals surface area contributed by atoms with E-state index >= 15 is 0 Å². The number of likely N-dealkylation sites (tertiary alicyclic amines) is 1. The van der Waals surface area contributed by atoms with Gasteiger partial charge in [-0.15, -0.1) is 0 Å². The molecule has 1 nitrogen and oxygen atoms in total. The van der Waals surface area contributed by atoms with Crippen molar-refractivity contribution in [2.75, 3.05) is 6.54 Å². The Morgan fingerprint density at radius 2 is 1.93 bits per heavy atom. The van der Waals surface area contributed by atoms with Gasteiger partial charge in [0.25, 0.3) is 0 Å². The summed E-state index contributed by atoms with van der Waals surface area (Å²) in [5, 5.41) is 0. The third-order valence-corrected chi connectivity index (χ3v) is 4.51. The fourth-order valence-corrected chi connectivity index (χ4v) is 3.03. The SMILES string of the molecule is CCC(C)C1CC2(CC2)CN1C(C)C. The van der Waals surface area contributed by atoms with Gasteiger partial charge in [0, 0.05) is 18.6 Å². The molecular weight excluding hydrogens is 170 g/mol. The van der Waals surface area contributed by atoms with E-state index in [2.05, 4.69) is 32.6 Å². The minimum absolute atomic E-state index is 0.744. The molecule has 0 bridgehead atoms. The Balaban J connectivity index is 2.06. The number of hydrogen-bond donors (Lipinski definition) is 0. The number of rotatable bonds is 3. The van der Waals surface area contributed by atoms with Crippen LogP contribution in [0.25, 0.3) is 0 Å². The van der Waals surface area contributed by atoms with Crippen molar-refractivity contribution >= 4 is 0 Å². The van der Waals surface area contributed by atoms with Crippen molar-refractivity contribution in [2.24, 2.45) is 11.3 Å². The molecule has 14 heavy (non-hydrogen) atoms. The summed E-state index contributed by atoms with van der Waals surface area (Å²) in [6.07, 6.45) is 5.83. The molecular formula is C13H25N. The van der Waals surface area contributed by atoms with Crippen LogP contribution >= 0.6 is 0 Å². The topological polar surface area (TPSA) is 3.24 Å². The third-order valence-electron chi connectivity index (χ3n) is 4.51. The summed E-state index contributed by atoms with van der Waals surface area (Å²) in [7, 11) is 0. The summed E-state index contributed by atoms with van der Waals surface area (Å²) in [4.78, 5) is 2.77. The first-order valence-electron chi connectivity index (χ1n) is 6.34. The van der Waals surface area contributed by atoms with E-state index < -0.39 is 0 Å². The monoisotopic (exact) mass is 195 g/mol. The normalized spacial score (nSPS) is 32.8. The predicted molar refractivity (Wildman–Crippen MR) is 61.4 cm³/mol. The van der Waals surface area contributed by atoms with E-state index in [0.29, 0.717) is 0 Å². The summed E-state index contributed by atoms with van der Waals surface area (Å²) >= 11 is 0. The van der Waals surface area contributed by atoms with E-state index in [1.807, 2.05) is 0 Å². The smallest absolute Gasteiger partial charge is 0.0129 e. The van der Waals surface area contributed by atoms with Crippen molar-refractivity contribution in [1.82, 2.24) is 4.90 Å². The van der Waals surface area contributed by atoms with Gasteiger partial charge in [-0.05, 0) is 44.4 Å². The van der Waals surface area contributed by atoms with Gasteiger partial charge >= 0.3 is 0 Å². The van der Waals surface area contributed by atoms with Crippen LogP contribution < -0.4 is 0 Å². The van der Waals surface area contributed by atoms with Crippen LogP contribution in [-0.2, 0) is 0 Å². The van der Waals surface area contributed by atoms with Gasteiger partial charge in [-0.2, -0.15) is 0 Å². The van der Waals surface area contributed by atoms with E-state index in [9.17, 15) is 0 Å². The molecule has 2 aliphatic rings. The van der Waals surface area contributed by atoms with E-state index in [-0.39, 0.29) is 0 Å². The molecule has 1 spiro atoms. The Kier molecular flexibility index (Phi) is 2.63. The minimum atomic E-state index is 0.744. The lowest BCUT2D eigenvalue weighted by molar-refractivity contribution is 0.155. The predicted octanol–water partition coefficient (Wildman–Crippen LogP) is 3.30. The second-order valence-electron chi connectivity index (χ2n) is 5.92. The molecule has 82 valence electrons.